The number of pyridine rings is 1. The Morgan fingerprint density at radius 2 is 1.84 bits per heavy atom. The number of benzene rings is 1. The number of aromatic amines is 1. The summed E-state index contributed by atoms with van der Waals surface area (Å²) in [5.41, 5.74) is 1.50. The van der Waals surface area contributed by atoms with Crippen LogP contribution in [0.2, 0.25) is 0 Å². The highest BCUT2D eigenvalue weighted by atomic mass is 16.3. The van der Waals surface area contributed by atoms with Crippen molar-refractivity contribution in [3.63, 3.8) is 0 Å². The Kier molecular flexibility index (Phi) is 2.71. The predicted octanol–water partition coefficient (Wildman–Crippen LogP) is 1.99. The molecule has 1 unspecified atom stereocenters. The Morgan fingerprint density at radius 1 is 1.11 bits per heavy atom. The van der Waals surface area contributed by atoms with Gasteiger partial charge in [0, 0.05) is 18.2 Å². The maximum atomic E-state index is 12.1. The Labute approximate surface area is 109 Å². The van der Waals surface area contributed by atoms with E-state index in [9.17, 15) is 14.7 Å². The first-order valence-corrected chi connectivity index (χ1v) is 6.18. The SMILES string of the molecule is O=C1CC(c2ccccc2)Cc2[nH]c(=O)cc(O)c21. The molecule has 0 radical (unpaired) electrons. The molecule has 1 heterocycles. The van der Waals surface area contributed by atoms with Gasteiger partial charge in [-0.3, -0.25) is 9.59 Å². The number of rotatable bonds is 1. The van der Waals surface area contributed by atoms with E-state index in [0.717, 1.165) is 11.6 Å². The molecule has 3 rings (SSSR count). The van der Waals surface area contributed by atoms with E-state index in [0.29, 0.717) is 18.5 Å². The molecule has 1 aliphatic carbocycles. The standard InChI is InChI=1S/C15H13NO3/c17-12-7-10(9-4-2-1-3-5-9)6-11-15(12)13(18)8-14(19)16-11/h1-5,8,10H,6-7H2,(H2,16,18,19). The third-order valence-electron chi connectivity index (χ3n) is 3.53. The first kappa shape index (κ1) is 11.7. The molecule has 0 fully saturated rings. The fourth-order valence-electron chi connectivity index (χ4n) is 2.67. The highest BCUT2D eigenvalue weighted by Gasteiger charge is 2.29. The smallest absolute Gasteiger partial charge is 0.251 e. The lowest BCUT2D eigenvalue weighted by molar-refractivity contribution is 0.0960. The number of hydrogen-bond donors (Lipinski definition) is 2. The number of nitrogens with one attached hydrogen (secondary N) is 1. The minimum absolute atomic E-state index is 0.0543. The molecule has 2 aromatic rings. The lowest BCUT2D eigenvalue weighted by atomic mass is 9.81. The monoisotopic (exact) mass is 255 g/mol. The molecule has 0 aliphatic heterocycles. The molecule has 1 aromatic heterocycles. The van der Waals surface area contributed by atoms with Crippen molar-refractivity contribution >= 4 is 5.78 Å². The second kappa shape index (κ2) is 4.39. The molecule has 1 atom stereocenters. The Bertz CT molecular complexity index is 688. The summed E-state index contributed by atoms with van der Waals surface area (Å²) in [7, 11) is 0. The third kappa shape index (κ3) is 2.05. The molecule has 0 saturated carbocycles. The van der Waals surface area contributed by atoms with Crippen molar-refractivity contribution in [2.24, 2.45) is 0 Å². The predicted molar refractivity (Wildman–Crippen MR) is 70.6 cm³/mol. The Morgan fingerprint density at radius 3 is 2.58 bits per heavy atom. The van der Waals surface area contributed by atoms with Gasteiger partial charge in [-0.15, -0.1) is 0 Å². The van der Waals surface area contributed by atoms with Crippen molar-refractivity contribution in [3.8, 4) is 5.75 Å². The number of carbonyl (C=O) groups is 1. The van der Waals surface area contributed by atoms with E-state index < -0.39 is 0 Å². The van der Waals surface area contributed by atoms with Crippen molar-refractivity contribution in [1.29, 1.82) is 0 Å². The molecule has 0 amide bonds. The van der Waals surface area contributed by atoms with E-state index in [-0.39, 0.29) is 28.6 Å². The van der Waals surface area contributed by atoms with Crippen molar-refractivity contribution in [3.05, 3.63) is 63.6 Å². The van der Waals surface area contributed by atoms with Crippen LogP contribution in [0.4, 0.5) is 0 Å². The van der Waals surface area contributed by atoms with E-state index in [1.807, 2.05) is 30.3 Å². The number of carbonyl (C=O) groups excluding carboxylic acids is 1. The van der Waals surface area contributed by atoms with Gasteiger partial charge in [-0.2, -0.15) is 0 Å². The largest absolute Gasteiger partial charge is 0.507 e. The van der Waals surface area contributed by atoms with E-state index in [1.54, 1.807) is 0 Å². The molecule has 1 aromatic carbocycles. The van der Waals surface area contributed by atoms with Crippen LogP contribution in [0.3, 0.4) is 0 Å². The van der Waals surface area contributed by atoms with Crippen molar-refractivity contribution in [2.75, 3.05) is 0 Å². The van der Waals surface area contributed by atoms with Crippen LogP contribution in [0, 0.1) is 0 Å². The van der Waals surface area contributed by atoms with Crippen LogP contribution in [0.15, 0.2) is 41.2 Å². The number of hydrogen-bond acceptors (Lipinski definition) is 3. The first-order valence-electron chi connectivity index (χ1n) is 6.18. The summed E-state index contributed by atoms with van der Waals surface area (Å²) in [6, 6.07) is 10.8. The van der Waals surface area contributed by atoms with E-state index >= 15 is 0 Å². The number of ketones is 1. The van der Waals surface area contributed by atoms with Crippen LogP contribution in [-0.2, 0) is 6.42 Å². The summed E-state index contributed by atoms with van der Waals surface area (Å²) in [6.45, 7) is 0. The van der Waals surface area contributed by atoms with Gasteiger partial charge < -0.3 is 10.1 Å². The van der Waals surface area contributed by atoms with E-state index in [1.165, 1.54) is 0 Å². The van der Waals surface area contributed by atoms with Crippen LogP contribution in [0.25, 0.3) is 0 Å². The number of Topliss-reactive ketones (excluding diaryl/α,β-unsaturated/α-hetero) is 1. The normalized spacial score (nSPS) is 18.1. The number of fused-ring (bicyclic) bond motifs is 1. The van der Waals surface area contributed by atoms with Crippen LogP contribution in [0.1, 0.15) is 34.0 Å². The molecule has 1 aliphatic rings. The fraction of sp³-hybridized carbons (Fsp3) is 0.200. The quantitative estimate of drug-likeness (QED) is 0.818. The summed E-state index contributed by atoms with van der Waals surface area (Å²) in [6.07, 6.45) is 0.922. The zero-order chi connectivity index (χ0) is 13.4. The summed E-state index contributed by atoms with van der Waals surface area (Å²) >= 11 is 0. The maximum Gasteiger partial charge on any atom is 0.251 e. The average Bonchev–Trinajstić information content (AvgIpc) is 2.38. The van der Waals surface area contributed by atoms with Gasteiger partial charge in [-0.25, -0.2) is 0 Å². The molecule has 2 N–H and O–H groups in total. The minimum Gasteiger partial charge on any atom is -0.507 e. The molecular formula is C15H13NO3. The Hall–Kier alpha value is -2.36. The average molecular weight is 255 g/mol. The van der Waals surface area contributed by atoms with Gasteiger partial charge in [0.25, 0.3) is 5.56 Å². The molecule has 0 bridgehead atoms. The molecule has 19 heavy (non-hydrogen) atoms. The van der Waals surface area contributed by atoms with Gasteiger partial charge >= 0.3 is 0 Å². The van der Waals surface area contributed by atoms with Gasteiger partial charge in [-0.1, -0.05) is 30.3 Å². The zero-order valence-corrected chi connectivity index (χ0v) is 10.2. The molecule has 4 heteroatoms. The number of aromatic hydroxyl groups is 1. The number of H-pyrrole nitrogens is 1. The van der Waals surface area contributed by atoms with Crippen LogP contribution in [-0.4, -0.2) is 15.9 Å². The molecule has 0 spiro atoms. The summed E-state index contributed by atoms with van der Waals surface area (Å²) in [5, 5.41) is 9.72. The zero-order valence-electron chi connectivity index (χ0n) is 10.2. The summed E-state index contributed by atoms with van der Waals surface area (Å²) < 4.78 is 0. The van der Waals surface area contributed by atoms with E-state index in [4.69, 9.17) is 0 Å². The third-order valence-corrected chi connectivity index (χ3v) is 3.53. The van der Waals surface area contributed by atoms with Gasteiger partial charge in [0.05, 0.1) is 5.56 Å². The van der Waals surface area contributed by atoms with Crippen LogP contribution < -0.4 is 5.56 Å². The first-order chi connectivity index (χ1) is 9.15. The van der Waals surface area contributed by atoms with Crippen molar-refractivity contribution < 1.29 is 9.90 Å². The van der Waals surface area contributed by atoms with Gasteiger partial charge in [-0.05, 0) is 17.9 Å². The van der Waals surface area contributed by atoms with Crippen LogP contribution >= 0.6 is 0 Å². The van der Waals surface area contributed by atoms with Crippen molar-refractivity contribution in [2.45, 2.75) is 18.8 Å². The second-order valence-corrected chi connectivity index (χ2v) is 4.81. The highest BCUT2D eigenvalue weighted by molar-refractivity contribution is 6.01. The van der Waals surface area contributed by atoms with Gasteiger partial charge in [0.2, 0.25) is 0 Å². The molecular weight excluding hydrogens is 242 g/mol. The topological polar surface area (TPSA) is 70.2 Å². The van der Waals surface area contributed by atoms with Gasteiger partial charge in [0.15, 0.2) is 5.78 Å². The van der Waals surface area contributed by atoms with Crippen molar-refractivity contribution in [1.82, 2.24) is 4.98 Å². The summed E-state index contributed by atoms with van der Waals surface area (Å²) in [5.74, 6) is -0.280. The Balaban J connectivity index is 2.05. The lowest BCUT2D eigenvalue weighted by Crippen LogP contribution is -2.23. The minimum atomic E-state index is -0.377. The van der Waals surface area contributed by atoms with Gasteiger partial charge in [0.1, 0.15) is 5.75 Å². The lowest BCUT2D eigenvalue weighted by Gasteiger charge is -2.23. The molecule has 4 nitrogen and oxygen atoms in total. The van der Waals surface area contributed by atoms with E-state index in [2.05, 4.69) is 4.98 Å². The van der Waals surface area contributed by atoms with Crippen LogP contribution in [0.5, 0.6) is 5.75 Å². The highest BCUT2D eigenvalue weighted by Crippen LogP contribution is 2.34. The second-order valence-electron chi connectivity index (χ2n) is 4.81. The molecule has 96 valence electrons. The number of aromatic nitrogens is 1. The fourth-order valence-corrected chi connectivity index (χ4v) is 2.67. The maximum absolute atomic E-state index is 12.1. The summed E-state index contributed by atoms with van der Waals surface area (Å²) in [4.78, 5) is 26.2. The molecule has 0 saturated heterocycles.